The van der Waals surface area contributed by atoms with E-state index in [1.165, 1.54) is 0 Å². The average molecular weight is 516 g/mol. The number of hydrogen-bond donors (Lipinski definition) is 0. The third kappa shape index (κ3) is 2.59. The van der Waals surface area contributed by atoms with Gasteiger partial charge in [-0.2, -0.15) is 0 Å². The van der Waals surface area contributed by atoms with E-state index in [2.05, 4.69) is 15.9 Å². The molecule has 0 aromatic heterocycles. The van der Waals surface area contributed by atoms with Gasteiger partial charge in [0.15, 0.2) is 0 Å². The van der Waals surface area contributed by atoms with E-state index in [-0.39, 0.29) is 11.1 Å². The van der Waals surface area contributed by atoms with Crippen LogP contribution in [0.15, 0.2) is 77.3 Å². The highest BCUT2D eigenvalue weighted by Gasteiger charge is 2.74. The molecular formula is C27H18BrNO5. The zero-order valence-electron chi connectivity index (χ0n) is 18.0. The van der Waals surface area contributed by atoms with E-state index in [9.17, 15) is 19.2 Å². The molecule has 1 aliphatic carbocycles. The number of benzene rings is 3. The van der Waals surface area contributed by atoms with Crippen LogP contribution in [0.4, 0.5) is 5.69 Å². The predicted octanol–water partition coefficient (Wildman–Crippen LogP) is 4.45. The fourth-order valence-corrected chi connectivity index (χ4v) is 6.00. The van der Waals surface area contributed by atoms with Gasteiger partial charge in [-0.1, -0.05) is 66.2 Å². The van der Waals surface area contributed by atoms with E-state index in [4.69, 9.17) is 4.74 Å². The van der Waals surface area contributed by atoms with Gasteiger partial charge in [-0.25, -0.2) is 4.90 Å². The Hall–Kier alpha value is -3.42. The van der Waals surface area contributed by atoms with Gasteiger partial charge < -0.3 is 4.74 Å². The number of halogens is 1. The molecule has 6 nitrogen and oxygen atoms in total. The molecule has 3 aromatic carbocycles. The molecule has 0 unspecified atom stereocenters. The summed E-state index contributed by atoms with van der Waals surface area (Å²) in [6.07, 6.45) is -0.920. The lowest BCUT2D eigenvalue weighted by Crippen LogP contribution is -2.51. The highest BCUT2D eigenvalue weighted by atomic mass is 79.9. The molecule has 0 saturated carbocycles. The summed E-state index contributed by atoms with van der Waals surface area (Å²) >= 11 is 3.42. The number of aryl methyl sites for hydroxylation is 1. The summed E-state index contributed by atoms with van der Waals surface area (Å²) in [7, 11) is 0. The maximum absolute atomic E-state index is 13.9. The Morgan fingerprint density at radius 2 is 1.47 bits per heavy atom. The summed E-state index contributed by atoms with van der Waals surface area (Å²) in [6, 6.07) is 20.7. The van der Waals surface area contributed by atoms with Gasteiger partial charge >= 0.3 is 0 Å². The number of Topliss-reactive ketones (excluding diaryl/α,β-unsaturated/α-hetero) is 2. The second kappa shape index (κ2) is 7.29. The molecule has 2 aliphatic heterocycles. The van der Waals surface area contributed by atoms with Crippen molar-refractivity contribution < 1.29 is 23.9 Å². The average Bonchev–Trinajstić information content (AvgIpc) is 3.40. The normalized spacial score (nSPS) is 24.8. The lowest BCUT2D eigenvalue weighted by molar-refractivity contribution is -0.127. The van der Waals surface area contributed by atoms with E-state index in [1.54, 1.807) is 54.6 Å². The quantitative estimate of drug-likeness (QED) is 0.372. The number of para-hydroxylation sites is 1. The van der Waals surface area contributed by atoms with Gasteiger partial charge in [-0.05, 0) is 40.5 Å². The number of fused-ring (bicyclic) bond motifs is 3. The van der Waals surface area contributed by atoms with Crippen LogP contribution in [0.2, 0.25) is 0 Å². The smallest absolute Gasteiger partial charge is 0.241 e. The number of carbonyl (C=O) groups excluding carboxylic acids is 4. The summed E-state index contributed by atoms with van der Waals surface area (Å²) in [6.45, 7) is 1.91. The molecule has 0 N–H and O–H groups in total. The Labute approximate surface area is 203 Å². The third-order valence-corrected chi connectivity index (χ3v) is 7.65. The Bertz CT molecular complexity index is 1390. The second-order valence-electron chi connectivity index (χ2n) is 8.86. The van der Waals surface area contributed by atoms with Crippen LogP contribution in [-0.2, 0) is 14.3 Å². The largest absolute Gasteiger partial charge is 0.349 e. The second-order valence-corrected chi connectivity index (χ2v) is 9.71. The zero-order chi connectivity index (χ0) is 23.8. The van der Waals surface area contributed by atoms with Crippen molar-refractivity contribution in [3.63, 3.8) is 0 Å². The first-order valence-corrected chi connectivity index (χ1v) is 11.7. The number of carbonyl (C=O) groups is 4. The monoisotopic (exact) mass is 515 g/mol. The van der Waals surface area contributed by atoms with Gasteiger partial charge in [0, 0.05) is 15.6 Å². The summed E-state index contributed by atoms with van der Waals surface area (Å²) in [4.78, 5) is 56.3. The van der Waals surface area contributed by atoms with Gasteiger partial charge in [0.25, 0.3) is 0 Å². The van der Waals surface area contributed by atoms with Crippen LogP contribution in [0.5, 0.6) is 0 Å². The molecule has 3 aliphatic rings. The van der Waals surface area contributed by atoms with Crippen LogP contribution >= 0.6 is 15.9 Å². The predicted molar refractivity (Wildman–Crippen MR) is 126 cm³/mol. The van der Waals surface area contributed by atoms with Crippen LogP contribution < -0.4 is 4.90 Å². The Morgan fingerprint density at radius 3 is 2.12 bits per heavy atom. The zero-order valence-corrected chi connectivity index (χ0v) is 19.6. The molecule has 2 heterocycles. The molecule has 6 rings (SSSR count). The summed E-state index contributed by atoms with van der Waals surface area (Å²) in [5, 5.41) is 0. The SMILES string of the molecule is Cc1cccc([C@@H]2OC3(C(=O)c4ccccc4C3=O)[C@@H]3C(=O)N(c4ccccc4Br)C(=O)[C@H]32)c1. The van der Waals surface area contributed by atoms with Gasteiger partial charge in [0.1, 0.15) is 0 Å². The van der Waals surface area contributed by atoms with Crippen LogP contribution in [0.25, 0.3) is 0 Å². The first kappa shape index (κ1) is 21.1. The van der Waals surface area contributed by atoms with Gasteiger partial charge in [-0.15, -0.1) is 0 Å². The molecule has 2 fully saturated rings. The van der Waals surface area contributed by atoms with Crippen molar-refractivity contribution in [1.82, 2.24) is 0 Å². The molecule has 1 spiro atoms. The number of rotatable bonds is 2. The van der Waals surface area contributed by atoms with E-state index in [0.717, 1.165) is 10.5 Å². The van der Waals surface area contributed by atoms with Crippen molar-refractivity contribution in [2.75, 3.05) is 4.90 Å². The van der Waals surface area contributed by atoms with Gasteiger partial charge in [0.05, 0.1) is 23.6 Å². The topological polar surface area (TPSA) is 80.8 Å². The minimum Gasteiger partial charge on any atom is -0.349 e. The van der Waals surface area contributed by atoms with E-state index >= 15 is 0 Å². The summed E-state index contributed by atoms with van der Waals surface area (Å²) < 4.78 is 6.86. The maximum atomic E-state index is 13.9. The van der Waals surface area contributed by atoms with Crippen molar-refractivity contribution >= 4 is 45.0 Å². The van der Waals surface area contributed by atoms with Crippen molar-refractivity contribution in [2.45, 2.75) is 18.6 Å². The number of imide groups is 1. The third-order valence-electron chi connectivity index (χ3n) is 6.98. The molecular weight excluding hydrogens is 498 g/mol. The molecule has 2 amide bonds. The standard InChI is InChI=1S/C27H18BrNO5/c1-14-7-6-8-15(13-14)22-20-21(26(33)29(25(20)32)19-12-5-4-11-18(19)28)27(34-22)23(30)16-9-2-3-10-17(16)24(27)31/h2-13,20-22H,1H3/t20-,21+,22+/m1/s1. The fraction of sp³-hybridized carbons (Fsp3) is 0.185. The first-order valence-electron chi connectivity index (χ1n) is 10.9. The lowest BCUT2D eigenvalue weighted by Gasteiger charge is -2.27. The Morgan fingerprint density at radius 1 is 0.824 bits per heavy atom. The molecule has 3 atom stereocenters. The molecule has 168 valence electrons. The molecule has 7 heteroatoms. The van der Waals surface area contributed by atoms with Crippen molar-refractivity contribution in [2.24, 2.45) is 11.8 Å². The van der Waals surface area contributed by atoms with Crippen molar-refractivity contribution in [3.8, 4) is 0 Å². The number of ether oxygens (including phenoxy) is 1. The number of nitrogens with zero attached hydrogens (tertiary/aromatic N) is 1. The Balaban J connectivity index is 1.57. The van der Waals surface area contributed by atoms with E-state index in [1.807, 2.05) is 25.1 Å². The van der Waals surface area contributed by atoms with E-state index < -0.39 is 46.9 Å². The minimum absolute atomic E-state index is 0.218. The first-order chi connectivity index (χ1) is 16.4. The van der Waals surface area contributed by atoms with Crippen LogP contribution in [-0.4, -0.2) is 29.0 Å². The summed E-state index contributed by atoms with van der Waals surface area (Å²) in [5.41, 5.74) is 0.335. The number of ketones is 2. The highest BCUT2D eigenvalue weighted by Crippen LogP contribution is 2.58. The van der Waals surface area contributed by atoms with Crippen LogP contribution in [0.1, 0.15) is 37.9 Å². The highest BCUT2D eigenvalue weighted by molar-refractivity contribution is 9.10. The number of anilines is 1. The minimum atomic E-state index is -2.06. The molecule has 2 saturated heterocycles. The Kier molecular flexibility index (Phi) is 4.53. The summed E-state index contributed by atoms with van der Waals surface area (Å²) in [5.74, 6) is -4.48. The molecule has 3 aromatic rings. The molecule has 34 heavy (non-hydrogen) atoms. The fourth-order valence-electron chi connectivity index (χ4n) is 5.54. The maximum Gasteiger partial charge on any atom is 0.241 e. The number of hydrogen-bond acceptors (Lipinski definition) is 5. The van der Waals surface area contributed by atoms with Crippen molar-refractivity contribution in [1.29, 1.82) is 0 Å². The van der Waals surface area contributed by atoms with Gasteiger partial charge in [-0.3, -0.25) is 19.2 Å². The number of amides is 2. The van der Waals surface area contributed by atoms with Crippen LogP contribution in [0, 0.1) is 18.8 Å². The molecule has 0 bridgehead atoms. The lowest BCUT2D eigenvalue weighted by atomic mass is 9.77. The van der Waals surface area contributed by atoms with Gasteiger partial charge in [0.2, 0.25) is 29.0 Å². The van der Waals surface area contributed by atoms with Crippen molar-refractivity contribution in [3.05, 3.63) is 99.5 Å². The molecule has 0 radical (unpaired) electrons. The van der Waals surface area contributed by atoms with E-state index in [0.29, 0.717) is 15.7 Å². The van der Waals surface area contributed by atoms with Crippen LogP contribution in [0.3, 0.4) is 0 Å².